The molecule has 0 aliphatic rings. The van der Waals surface area contributed by atoms with Gasteiger partial charge in [-0.3, -0.25) is 10.1 Å². The first-order valence-electron chi connectivity index (χ1n) is 9.92. The fourth-order valence-corrected chi connectivity index (χ4v) is 3.97. The summed E-state index contributed by atoms with van der Waals surface area (Å²) < 4.78 is 0. The van der Waals surface area contributed by atoms with E-state index in [2.05, 4.69) is 40.6 Å². The van der Waals surface area contributed by atoms with Gasteiger partial charge in [-0.05, 0) is 45.8 Å². The number of halogens is 1. The standard InChI is InChI=1S/C26H18ClN3O/c1-16(31)28-26-29-23(17-10-12-20(27)13-11-17)15-24(30-26)25-21-8-4-2-6-18(21)14-19-7-3-5-9-22(19)25/h2-15H,1H3,(H,28,29,30,31). The van der Waals surface area contributed by atoms with Crippen LogP contribution in [0.4, 0.5) is 5.95 Å². The van der Waals surface area contributed by atoms with Gasteiger partial charge in [0.05, 0.1) is 11.4 Å². The van der Waals surface area contributed by atoms with Crippen molar-refractivity contribution in [3.63, 3.8) is 0 Å². The van der Waals surface area contributed by atoms with Gasteiger partial charge in [-0.2, -0.15) is 0 Å². The van der Waals surface area contributed by atoms with E-state index < -0.39 is 0 Å². The van der Waals surface area contributed by atoms with Gasteiger partial charge in [0.15, 0.2) is 0 Å². The van der Waals surface area contributed by atoms with Crippen LogP contribution in [0.2, 0.25) is 5.02 Å². The Morgan fingerprint density at radius 3 is 1.97 bits per heavy atom. The molecule has 31 heavy (non-hydrogen) atoms. The first-order valence-corrected chi connectivity index (χ1v) is 10.3. The molecular formula is C26H18ClN3O. The van der Waals surface area contributed by atoms with Crippen LogP contribution in [0.15, 0.2) is 84.9 Å². The molecule has 0 saturated carbocycles. The van der Waals surface area contributed by atoms with Gasteiger partial charge in [0.2, 0.25) is 11.9 Å². The summed E-state index contributed by atoms with van der Waals surface area (Å²) in [7, 11) is 0. The summed E-state index contributed by atoms with van der Waals surface area (Å²) in [5, 5.41) is 7.84. The highest BCUT2D eigenvalue weighted by molar-refractivity contribution is 6.30. The van der Waals surface area contributed by atoms with Gasteiger partial charge in [0.25, 0.3) is 0 Å². The summed E-state index contributed by atoms with van der Waals surface area (Å²) in [4.78, 5) is 21.1. The molecule has 5 rings (SSSR count). The highest BCUT2D eigenvalue weighted by atomic mass is 35.5. The number of hydrogen-bond acceptors (Lipinski definition) is 3. The monoisotopic (exact) mass is 423 g/mol. The maximum Gasteiger partial charge on any atom is 0.230 e. The SMILES string of the molecule is CC(=O)Nc1nc(-c2ccc(Cl)cc2)cc(-c2c3ccccc3cc3ccccc23)n1. The Morgan fingerprint density at radius 1 is 0.774 bits per heavy atom. The van der Waals surface area contributed by atoms with Gasteiger partial charge in [-0.25, -0.2) is 9.97 Å². The highest BCUT2D eigenvalue weighted by Crippen LogP contribution is 2.37. The number of nitrogens with zero attached hydrogens (tertiary/aromatic N) is 2. The second-order valence-electron chi connectivity index (χ2n) is 7.34. The molecule has 4 aromatic carbocycles. The Morgan fingerprint density at radius 2 is 1.35 bits per heavy atom. The number of aromatic nitrogens is 2. The van der Waals surface area contributed by atoms with E-state index in [1.54, 1.807) is 0 Å². The Hall–Kier alpha value is -3.76. The fourth-order valence-electron chi connectivity index (χ4n) is 3.85. The summed E-state index contributed by atoms with van der Waals surface area (Å²) in [5.74, 6) is 0.0500. The van der Waals surface area contributed by atoms with Crippen LogP contribution < -0.4 is 5.32 Å². The maximum absolute atomic E-state index is 11.8. The van der Waals surface area contributed by atoms with Gasteiger partial charge in [0, 0.05) is 23.1 Å². The molecule has 4 nitrogen and oxygen atoms in total. The number of amides is 1. The molecular weight excluding hydrogens is 406 g/mol. The summed E-state index contributed by atoms with van der Waals surface area (Å²) in [5.41, 5.74) is 3.36. The van der Waals surface area contributed by atoms with Crippen molar-refractivity contribution in [3.8, 4) is 22.5 Å². The van der Waals surface area contributed by atoms with Crippen molar-refractivity contribution in [1.82, 2.24) is 9.97 Å². The van der Waals surface area contributed by atoms with Crippen LogP contribution in [0.5, 0.6) is 0 Å². The van der Waals surface area contributed by atoms with Crippen LogP contribution >= 0.6 is 11.6 Å². The van der Waals surface area contributed by atoms with Crippen LogP contribution in [0.25, 0.3) is 44.1 Å². The number of anilines is 1. The van der Waals surface area contributed by atoms with E-state index in [0.717, 1.165) is 38.4 Å². The van der Waals surface area contributed by atoms with E-state index in [1.807, 2.05) is 54.6 Å². The van der Waals surface area contributed by atoms with Gasteiger partial charge >= 0.3 is 0 Å². The minimum atomic E-state index is -0.220. The molecule has 0 bridgehead atoms. The molecule has 0 atom stereocenters. The highest BCUT2D eigenvalue weighted by Gasteiger charge is 2.15. The minimum Gasteiger partial charge on any atom is -0.295 e. The zero-order chi connectivity index (χ0) is 21.4. The van der Waals surface area contributed by atoms with Crippen molar-refractivity contribution in [2.75, 3.05) is 5.32 Å². The smallest absolute Gasteiger partial charge is 0.230 e. The molecule has 0 aliphatic carbocycles. The lowest BCUT2D eigenvalue weighted by molar-refractivity contribution is -0.114. The van der Waals surface area contributed by atoms with E-state index >= 15 is 0 Å². The molecule has 0 saturated heterocycles. The number of carbonyl (C=O) groups is 1. The molecule has 5 heteroatoms. The minimum absolute atomic E-state index is 0.220. The molecule has 1 aromatic heterocycles. The van der Waals surface area contributed by atoms with Crippen molar-refractivity contribution in [1.29, 1.82) is 0 Å². The van der Waals surface area contributed by atoms with Gasteiger partial charge in [0.1, 0.15) is 0 Å². The largest absolute Gasteiger partial charge is 0.295 e. The number of fused-ring (bicyclic) bond motifs is 2. The Labute approximate surface area is 184 Å². The molecule has 1 heterocycles. The molecule has 0 fully saturated rings. The van der Waals surface area contributed by atoms with Crippen molar-refractivity contribution in [2.45, 2.75) is 6.92 Å². The Bertz CT molecular complexity index is 1390. The molecule has 1 amide bonds. The molecule has 0 spiro atoms. The molecule has 0 aliphatic heterocycles. The topological polar surface area (TPSA) is 54.9 Å². The van der Waals surface area contributed by atoms with Crippen LogP contribution in [0, 0.1) is 0 Å². The second-order valence-corrected chi connectivity index (χ2v) is 7.78. The summed E-state index contributed by atoms with van der Waals surface area (Å²) in [6, 6.07) is 28.1. The van der Waals surface area contributed by atoms with Crippen LogP contribution in [0.1, 0.15) is 6.92 Å². The number of benzene rings is 4. The fraction of sp³-hybridized carbons (Fsp3) is 0.0385. The van der Waals surface area contributed by atoms with E-state index in [1.165, 1.54) is 6.92 Å². The van der Waals surface area contributed by atoms with E-state index in [9.17, 15) is 4.79 Å². The van der Waals surface area contributed by atoms with E-state index in [0.29, 0.717) is 10.7 Å². The van der Waals surface area contributed by atoms with Gasteiger partial charge < -0.3 is 0 Å². The molecule has 0 unspecified atom stereocenters. The molecule has 0 radical (unpaired) electrons. The lowest BCUT2D eigenvalue weighted by Gasteiger charge is -2.14. The average molecular weight is 424 g/mol. The number of nitrogens with one attached hydrogen (secondary N) is 1. The lowest BCUT2D eigenvalue weighted by atomic mass is 9.94. The normalized spacial score (nSPS) is 11.0. The molecule has 1 N–H and O–H groups in total. The third kappa shape index (κ3) is 3.74. The second kappa shape index (κ2) is 7.82. The predicted octanol–water partition coefficient (Wildman–Crippen LogP) is 6.73. The lowest BCUT2D eigenvalue weighted by Crippen LogP contribution is -2.10. The average Bonchev–Trinajstić information content (AvgIpc) is 2.77. The van der Waals surface area contributed by atoms with Gasteiger partial charge in [-0.15, -0.1) is 0 Å². The van der Waals surface area contributed by atoms with Crippen LogP contribution in [-0.4, -0.2) is 15.9 Å². The zero-order valence-electron chi connectivity index (χ0n) is 16.8. The molecule has 5 aromatic rings. The van der Waals surface area contributed by atoms with Crippen molar-refractivity contribution in [2.24, 2.45) is 0 Å². The van der Waals surface area contributed by atoms with Crippen molar-refractivity contribution < 1.29 is 4.79 Å². The summed E-state index contributed by atoms with van der Waals surface area (Å²) >= 11 is 6.07. The number of carbonyl (C=O) groups excluding carboxylic acids is 1. The van der Waals surface area contributed by atoms with Crippen molar-refractivity contribution in [3.05, 3.63) is 90.0 Å². The number of hydrogen-bond donors (Lipinski definition) is 1. The summed E-state index contributed by atoms with van der Waals surface area (Å²) in [6.45, 7) is 1.45. The van der Waals surface area contributed by atoms with Crippen molar-refractivity contribution >= 4 is 45.0 Å². The third-order valence-corrected chi connectivity index (χ3v) is 5.43. The van der Waals surface area contributed by atoms with E-state index in [4.69, 9.17) is 16.6 Å². The Kier molecular flexibility index (Phi) is 4.85. The third-order valence-electron chi connectivity index (χ3n) is 5.18. The zero-order valence-corrected chi connectivity index (χ0v) is 17.5. The predicted molar refractivity (Wildman–Crippen MR) is 127 cm³/mol. The van der Waals surface area contributed by atoms with E-state index in [-0.39, 0.29) is 11.9 Å². The number of rotatable bonds is 3. The summed E-state index contributed by atoms with van der Waals surface area (Å²) in [6.07, 6.45) is 0. The first kappa shape index (κ1) is 19.2. The molecule has 150 valence electrons. The van der Waals surface area contributed by atoms with Crippen LogP contribution in [0.3, 0.4) is 0 Å². The Balaban J connectivity index is 1.83. The van der Waals surface area contributed by atoms with Gasteiger partial charge in [-0.1, -0.05) is 72.3 Å². The quantitative estimate of drug-likeness (QED) is 0.327. The first-order chi connectivity index (χ1) is 15.1. The van der Waals surface area contributed by atoms with Crippen LogP contribution in [-0.2, 0) is 4.79 Å². The maximum atomic E-state index is 11.8.